The zero-order valence-corrected chi connectivity index (χ0v) is 9.75. The van der Waals surface area contributed by atoms with Crippen molar-refractivity contribution in [2.75, 3.05) is 19.8 Å². The summed E-state index contributed by atoms with van der Waals surface area (Å²) in [6.07, 6.45) is 1.47. The first-order chi connectivity index (χ1) is 7.03. The molecule has 1 fully saturated rings. The van der Waals surface area contributed by atoms with Gasteiger partial charge < -0.3 is 14.2 Å². The van der Waals surface area contributed by atoms with Gasteiger partial charge in [0.05, 0.1) is 13.2 Å². The molecule has 0 aromatic heterocycles. The quantitative estimate of drug-likeness (QED) is 0.639. The van der Waals surface area contributed by atoms with Gasteiger partial charge in [0.2, 0.25) is 0 Å². The fourth-order valence-electron chi connectivity index (χ4n) is 1.66. The molecule has 1 unspecified atom stereocenters. The molecule has 1 rings (SSSR count). The number of hydrogen-bond donors (Lipinski definition) is 0. The Bertz CT molecular complexity index is 213. The Balaban J connectivity index is 2.13. The number of rotatable bonds is 6. The lowest BCUT2D eigenvalue weighted by molar-refractivity contribution is 0.00813. The second-order valence-corrected chi connectivity index (χ2v) is 4.73. The molecule has 0 aromatic rings. The normalized spacial score (nSPS) is 21.3. The Morgan fingerprint density at radius 2 is 2.27 bits per heavy atom. The lowest BCUT2D eigenvalue weighted by Gasteiger charge is -2.24. The Morgan fingerprint density at radius 1 is 1.53 bits per heavy atom. The predicted molar refractivity (Wildman–Crippen MR) is 55.7 cm³/mol. The Hall–Kier alpha value is -0.770. The van der Waals surface area contributed by atoms with E-state index in [-0.39, 0.29) is 11.5 Å². The molecule has 4 heteroatoms. The molecule has 0 spiro atoms. The highest BCUT2D eigenvalue weighted by molar-refractivity contribution is 5.61. The fraction of sp³-hybridized carbons (Fsp3) is 0.909. The highest BCUT2D eigenvalue weighted by Crippen LogP contribution is 2.22. The van der Waals surface area contributed by atoms with Crippen LogP contribution in [0.2, 0.25) is 0 Å². The number of hydrogen-bond acceptors (Lipinski definition) is 4. The van der Waals surface area contributed by atoms with Crippen molar-refractivity contribution in [3.8, 4) is 0 Å². The van der Waals surface area contributed by atoms with Gasteiger partial charge in [0.25, 0.3) is 0 Å². The van der Waals surface area contributed by atoms with E-state index in [0.717, 1.165) is 12.8 Å². The van der Waals surface area contributed by atoms with Crippen molar-refractivity contribution in [1.82, 2.24) is 0 Å². The molecule has 0 bridgehead atoms. The summed E-state index contributed by atoms with van der Waals surface area (Å²) in [4.78, 5) is 10.6. The van der Waals surface area contributed by atoms with Crippen LogP contribution in [-0.4, -0.2) is 32.1 Å². The first kappa shape index (κ1) is 12.3. The molecule has 0 aliphatic carbocycles. The summed E-state index contributed by atoms with van der Waals surface area (Å²) in [6.45, 7) is 7.94. The van der Waals surface area contributed by atoms with E-state index in [9.17, 15) is 4.79 Å². The molecule has 0 radical (unpaired) electrons. The van der Waals surface area contributed by atoms with E-state index in [1.807, 2.05) is 0 Å². The molecule has 15 heavy (non-hydrogen) atoms. The third-order valence-electron chi connectivity index (χ3n) is 2.37. The van der Waals surface area contributed by atoms with E-state index in [0.29, 0.717) is 19.8 Å². The van der Waals surface area contributed by atoms with Gasteiger partial charge in [-0.15, -0.1) is 0 Å². The lowest BCUT2D eigenvalue weighted by Crippen LogP contribution is -2.24. The van der Waals surface area contributed by atoms with Gasteiger partial charge in [-0.25, -0.2) is 4.79 Å². The lowest BCUT2D eigenvalue weighted by atomic mass is 9.89. The van der Waals surface area contributed by atoms with Crippen LogP contribution in [0.4, 0.5) is 4.79 Å². The van der Waals surface area contributed by atoms with E-state index in [2.05, 4.69) is 25.5 Å². The maximum atomic E-state index is 10.6. The van der Waals surface area contributed by atoms with E-state index >= 15 is 0 Å². The molecule has 0 amide bonds. The Kier molecular flexibility index (Phi) is 4.39. The summed E-state index contributed by atoms with van der Waals surface area (Å²) in [6, 6.07) is 0. The van der Waals surface area contributed by atoms with E-state index in [1.165, 1.54) is 0 Å². The van der Waals surface area contributed by atoms with E-state index < -0.39 is 6.16 Å². The van der Waals surface area contributed by atoms with Crippen LogP contribution in [0.1, 0.15) is 33.6 Å². The number of carbonyl (C=O) groups excluding carboxylic acids is 1. The zero-order chi connectivity index (χ0) is 11.3. The van der Waals surface area contributed by atoms with Gasteiger partial charge in [0, 0.05) is 0 Å². The van der Waals surface area contributed by atoms with Gasteiger partial charge >= 0.3 is 6.16 Å². The monoisotopic (exact) mass is 216 g/mol. The minimum atomic E-state index is -0.587. The van der Waals surface area contributed by atoms with Crippen LogP contribution in [0.3, 0.4) is 0 Å². The topological polar surface area (TPSA) is 44.8 Å². The summed E-state index contributed by atoms with van der Waals surface area (Å²) >= 11 is 0. The Morgan fingerprint density at radius 3 is 2.80 bits per heavy atom. The number of carbonyl (C=O) groups is 1. The van der Waals surface area contributed by atoms with Crippen LogP contribution >= 0.6 is 0 Å². The molecule has 0 N–H and O–H groups in total. The molecule has 88 valence electrons. The third-order valence-corrected chi connectivity index (χ3v) is 2.37. The van der Waals surface area contributed by atoms with Crippen molar-refractivity contribution in [1.29, 1.82) is 0 Å². The third kappa shape index (κ3) is 4.51. The number of cyclic esters (lactones) is 2. The molecule has 0 saturated carbocycles. The van der Waals surface area contributed by atoms with Gasteiger partial charge in [-0.2, -0.15) is 0 Å². The van der Waals surface area contributed by atoms with Crippen molar-refractivity contribution >= 4 is 6.16 Å². The zero-order valence-electron chi connectivity index (χ0n) is 9.75. The fourth-order valence-corrected chi connectivity index (χ4v) is 1.66. The molecule has 1 aliphatic rings. The van der Waals surface area contributed by atoms with Crippen LogP contribution in [0.25, 0.3) is 0 Å². The molecule has 1 heterocycles. The number of ether oxygens (including phenoxy) is 3. The highest BCUT2D eigenvalue weighted by Gasteiger charge is 2.26. The van der Waals surface area contributed by atoms with E-state index in [4.69, 9.17) is 9.47 Å². The van der Waals surface area contributed by atoms with Crippen molar-refractivity contribution in [3.63, 3.8) is 0 Å². The van der Waals surface area contributed by atoms with Crippen LogP contribution in [0.15, 0.2) is 0 Å². The van der Waals surface area contributed by atoms with Crippen LogP contribution in [0.5, 0.6) is 0 Å². The molecule has 1 atom stereocenters. The SMILES string of the molecule is CCCC(C)(C)COCC1COC(=O)O1. The summed E-state index contributed by atoms with van der Waals surface area (Å²) in [5.74, 6) is 0. The molecular formula is C11H20O4. The second-order valence-electron chi connectivity index (χ2n) is 4.73. The Labute approximate surface area is 90.9 Å². The smallest absolute Gasteiger partial charge is 0.430 e. The second kappa shape index (κ2) is 5.35. The van der Waals surface area contributed by atoms with Crippen LogP contribution in [-0.2, 0) is 14.2 Å². The highest BCUT2D eigenvalue weighted by atomic mass is 16.8. The summed E-state index contributed by atoms with van der Waals surface area (Å²) in [5, 5.41) is 0. The van der Waals surface area contributed by atoms with Gasteiger partial charge in [0.1, 0.15) is 6.61 Å². The largest absolute Gasteiger partial charge is 0.508 e. The first-order valence-corrected chi connectivity index (χ1v) is 5.44. The maximum Gasteiger partial charge on any atom is 0.508 e. The van der Waals surface area contributed by atoms with Crippen molar-refractivity contribution in [3.05, 3.63) is 0 Å². The molecule has 1 saturated heterocycles. The van der Waals surface area contributed by atoms with Gasteiger partial charge in [0.15, 0.2) is 6.10 Å². The standard InChI is InChI=1S/C11H20O4/c1-4-5-11(2,3)8-13-6-9-7-14-10(12)15-9/h9H,4-8H2,1-3H3. The molecule has 4 nitrogen and oxygen atoms in total. The summed E-state index contributed by atoms with van der Waals surface area (Å²) < 4.78 is 15.0. The van der Waals surface area contributed by atoms with Gasteiger partial charge in [-0.05, 0) is 11.8 Å². The van der Waals surface area contributed by atoms with Crippen LogP contribution < -0.4 is 0 Å². The van der Waals surface area contributed by atoms with Crippen molar-refractivity contribution in [2.45, 2.75) is 39.7 Å². The average molecular weight is 216 g/mol. The van der Waals surface area contributed by atoms with Gasteiger partial charge in [-0.3, -0.25) is 0 Å². The minimum Gasteiger partial charge on any atom is -0.430 e. The van der Waals surface area contributed by atoms with Crippen LogP contribution in [0, 0.1) is 5.41 Å². The summed E-state index contributed by atoms with van der Waals surface area (Å²) in [7, 11) is 0. The van der Waals surface area contributed by atoms with E-state index in [1.54, 1.807) is 0 Å². The van der Waals surface area contributed by atoms with Crippen molar-refractivity contribution < 1.29 is 19.0 Å². The average Bonchev–Trinajstić information content (AvgIpc) is 2.51. The molecular weight excluding hydrogens is 196 g/mol. The predicted octanol–water partition coefficient (Wildman–Crippen LogP) is 2.36. The summed E-state index contributed by atoms with van der Waals surface area (Å²) in [5.41, 5.74) is 0.193. The minimum absolute atomic E-state index is 0.193. The van der Waals surface area contributed by atoms with Gasteiger partial charge in [-0.1, -0.05) is 27.2 Å². The first-order valence-electron chi connectivity index (χ1n) is 5.44. The maximum absolute atomic E-state index is 10.6. The molecule has 1 aliphatic heterocycles. The van der Waals surface area contributed by atoms with Crippen molar-refractivity contribution in [2.24, 2.45) is 5.41 Å². The molecule has 0 aromatic carbocycles.